The fourth-order valence-electron chi connectivity index (χ4n) is 1.45. The maximum absolute atomic E-state index is 11.1. The lowest BCUT2D eigenvalue weighted by Crippen LogP contribution is -2.14. The number of nitrogen functional groups attached to an aromatic ring is 1. The van der Waals surface area contributed by atoms with Gasteiger partial charge in [0.25, 0.3) is 5.91 Å². The SMILES string of the molecule is NC(=O)c1ccc(N)c(Nc2cc(Cl)c(Cl)cc2Cl)n1. The Morgan fingerprint density at radius 2 is 1.75 bits per heavy atom. The van der Waals surface area contributed by atoms with Crippen LogP contribution in [0.15, 0.2) is 24.3 Å². The molecule has 104 valence electrons. The number of anilines is 3. The summed E-state index contributed by atoms with van der Waals surface area (Å²) in [6.07, 6.45) is 0. The van der Waals surface area contributed by atoms with Gasteiger partial charge in [0, 0.05) is 0 Å². The fourth-order valence-corrected chi connectivity index (χ4v) is 2.05. The van der Waals surface area contributed by atoms with E-state index in [0.29, 0.717) is 26.4 Å². The molecule has 0 bridgehead atoms. The van der Waals surface area contributed by atoms with Crippen molar-refractivity contribution in [2.75, 3.05) is 11.1 Å². The zero-order chi connectivity index (χ0) is 14.9. The second-order valence-electron chi connectivity index (χ2n) is 3.87. The highest BCUT2D eigenvalue weighted by Gasteiger charge is 2.11. The van der Waals surface area contributed by atoms with Crippen LogP contribution in [-0.2, 0) is 0 Å². The van der Waals surface area contributed by atoms with Crippen molar-refractivity contribution in [3.63, 3.8) is 0 Å². The van der Waals surface area contributed by atoms with Crippen LogP contribution in [-0.4, -0.2) is 10.9 Å². The maximum Gasteiger partial charge on any atom is 0.267 e. The van der Waals surface area contributed by atoms with Gasteiger partial charge in [0.2, 0.25) is 0 Å². The van der Waals surface area contributed by atoms with Gasteiger partial charge in [-0.15, -0.1) is 0 Å². The van der Waals surface area contributed by atoms with E-state index in [1.807, 2.05) is 0 Å². The highest BCUT2D eigenvalue weighted by molar-refractivity contribution is 6.44. The number of primary amides is 1. The quantitative estimate of drug-likeness (QED) is 0.751. The molecule has 1 aromatic carbocycles. The molecule has 0 aliphatic carbocycles. The lowest BCUT2D eigenvalue weighted by Gasteiger charge is -2.11. The highest BCUT2D eigenvalue weighted by Crippen LogP contribution is 2.34. The Balaban J connectivity index is 2.42. The summed E-state index contributed by atoms with van der Waals surface area (Å²) in [4.78, 5) is 15.1. The minimum atomic E-state index is -0.659. The van der Waals surface area contributed by atoms with E-state index in [2.05, 4.69) is 10.3 Å². The van der Waals surface area contributed by atoms with Crippen LogP contribution in [0.25, 0.3) is 0 Å². The number of benzene rings is 1. The van der Waals surface area contributed by atoms with Gasteiger partial charge in [-0.05, 0) is 24.3 Å². The molecule has 0 spiro atoms. The number of rotatable bonds is 3. The average molecular weight is 332 g/mol. The second kappa shape index (κ2) is 5.75. The maximum atomic E-state index is 11.1. The van der Waals surface area contributed by atoms with Gasteiger partial charge in [0.15, 0.2) is 5.82 Å². The number of halogens is 3. The zero-order valence-electron chi connectivity index (χ0n) is 9.95. The third-order valence-corrected chi connectivity index (χ3v) is 3.48. The van der Waals surface area contributed by atoms with Gasteiger partial charge in [-0.1, -0.05) is 34.8 Å². The smallest absolute Gasteiger partial charge is 0.267 e. The first-order chi connectivity index (χ1) is 9.38. The van der Waals surface area contributed by atoms with Gasteiger partial charge in [-0.3, -0.25) is 4.79 Å². The number of carbonyl (C=O) groups excluding carboxylic acids is 1. The van der Waals surface area contributed by atoms with Crippen molar-refractivity contribution < 1.29 is 4.79 Å². The number of nitrogens with zero attached hydrogens (tertiary/aromatic N) is 1. The summed E-state index contributed by atoms with van der Waals surface area (Å²) in [5.41, 5.74) is 11.8. The number of nitrogens with two attached hydrogens (primary N) is 2. The largest absolute Gasteiger partial charge is 0.396 e. The highest BCUT2D eigenvalue weighted by atomic mass is 35.5. The number of nitrogens with one attached hydrogen (secondary N) is 1. The minimum Gasteiger partial charge on any atom is -0.396 e. The van der Waals surface area contributed by atoms with Crippen molar-refractivity contribution >= 4 is 57.9 Å². The van der Waals surface area contributed by atoms with Crippen LogP contribution in [0, 0.1) is 0 Å². The molecular formula is C12H9Cl3N4O. The standard InChI is InChI=1S/C12H9Cl3N4O/c13-5-3-7(15)10(4-6(5)14)19-12-8(16)1-2-9(18-12)11(17)20/h1-4H,16H2,(H2,17,20)(H,18,19). The molecule has 0 unspecified atom stereocenters. The lowest BCUT2D eigenvalue weighted by molar-refractivity contribution is 0.0996. The number of hydrogen-bond acceptors (Lipinski definition) is 4. The molecule has 0 atom stereocenters. The van der Waals surface area contributed by atoms with Crippen LogP contribution in [0.5, 0.6) is 0 Å². The third-order valence-electron chi connectivity index (χ3n) is 2.44. The van der Waals surface area contributed by atoms with E-state index in [0.717, 1.165) is 0 Å². The summed E-state index contributed by atoms with van der Waals surface area (Å²) >= 11 is 17.8. The summed E-state index contributed by atoms with van der Waals surface area (Å²) in [6, 6.07) is 5.96. The number of aromatic nitrogens is 1. The molecule has 5 nitrogen and oxygen atoms in total. The van der Waals surface area contributed by atoms with Gasteiger partial charge in [0.05, 0.1) is 26.4 Å². The van der Waals surface area contributed by atoms with Crippen molar-refractivity contribution in [3.8, 4) is 0 Å². The second-order valence-corrected chi connectivity index (χ2v) is 5.09. The Morgan fingerprint density at radius 3 is 2.40 bits per heavy atom. The van der Waals surface area contributed by atoms with E-state index in [9.17, 15) is 4.79 Å². The van der Waals surface area contributed by atoms with Gasteiger partial charge in [-0.2, -0.15) is 0 Å². The Hall–Kier alpha value is -1.69. The van der Waals surface area contributed by atoms with Gasteiger partial charge in [0.1, 0.15) is 5.69 Å². The molecule has 0 saturated carbocycles. The number of hydrogen-bond donors (Lipinski definition) is 3. The molecule has 2 aromatic rings. The normalized spacial score (nSPS) is 10.3. The predicted molar refractivity (Wildman–Crippen MR) is 81.9 cm³/mol. The summed E-state index contributed by atoms with van der Waals surface area (Å²) in [5.74, 6) is -0.408. The van der Waals surface area contributed by atoms with Gasteiger partial charge in [-0.25, -0.2) is 4.98 Å². The van der Waals surface area contributed by atoms with E-state index in [4.69, 9.17) is 46.3 Å². The lowest BCUT2D eigenvalue weighted by atomic mass is 10.2. The Labute approximate surface area is 129 Å². The molecule has 8 heteroatoms. The first-order valence-electron chi connectivity index (χ1n) is 5.36. The third kappa shape index (κ3) is 3.07. The molecule has 0 fully saturated rings. The molecule has 2 rings (SSSR count). The summed E-state index contributed by atoms with van der Waals surface area (Å²) < 4.78 is 0. The molecule has 0 saturated heterocycles. The minimum absolute atomic E-state index is 0.0814. The van der Waals surface area contributed by atoms with Crippen LogP contribution in [0.2, 0.25) is 15.1 Å². The topological polar surface area (TPSA) is 94.0 Å². The van der Waals surface area contributed by atoms with Crippen LogP contribution < -0.4 is 16.8 Å². The Morgan fingerprint density at radius 1 is 1.10 bits per heavy atom. The van der Waals surface area contributed by atoms with Crippen molar-refractivity contribution in [2.45, 2.75) is 0 Å². The number of amides is 1. The van der Waals surface area contributed by atoms with Crippen molar-refractivity contribution in [2.24, 2.45) is 5.73 Å². The molecule has 20 heavy (non-hydrogen) atoms. The summed E-state index contributed by atoms with van der Waals surface area (Å²) in [7, 11) is 0. The first-order valence-corrected chi connectivity index (χ1v) is 6.49. The summed E-state index contributed by atoms with van der Waals surface area (Å²) in [6.45, 7) is 0. The monoisotopic (exact) mass is 330 g/mol. The summed E-state index contributed by atoms with van der Waals surface area (Å²) in [5, 5.41) is 3.87. The Bertz CT molecular complexity index is 691. The molecule has 0 aliphatic rings. The number of pyridine rings is 1. The van der Waals surface area contributed by atoms with Crippen molar-refractivity contribution in [1.29, 1.82) is 0 Å². The van der Waals surface area contributed by atoms with Crippen LogP contribution in [0.3, 0.4) is 0 Å². The van der Waals surface area contributed by atoms with Gasteiger partial charge >= 0.3 is 0 Å². The molecular weight excluding hydrogens is 323 g/mol. The van der Waals surface area contributed by atoms with Crippen LogP contribution in [0.4, 0.5) is 17.2 Å². The molecule has 5 N–H and O–H groups in total. The number of carbonyl (C=O) groups is 1. The molecule has 1 aromatic heterocycles. The molecule has 1 heterocycles. The van der Waals surface area contributed by atoms with E-state index in [-0.39, 0.29) is 11.5 Å². The van der Waals surface area contributed by atoms with E-state index >= 15 is 0 Å². The van der Waals surface area contributed by atoms with E-state index in [1.165, 1.54) is 24.3 Å². The van der Waals surface area contributed by atoms with Crippen LogP contribution in [0.1, 0.15) is 10.5 Å². The average Bonchev–Trinajstić information content (AvgIpc) is 2.38. The molecule has 0 radical (unpaired) electrons. The van der Waals surface area contributed by atoms with Crippen LogP contribution >= 0.6 is 34.8 Å². The predicted octanol–water partition coefficient (Wildman–Crippen LogP) is 3.47. The van der Waals surface area contributed by atoms with Crippen molar-refractivity contribution in [3.05, 3.63) is 45.0 Å². The zero-order valence-corrected chi connectivity index (χ0v) is 12.2. The fraction of sp³-hybridized carbons (Fsp3) is 0. The van der Waals surface area contributed by atoms with Gasteiger partial charge < -0.3 is 16.8 Å². The van der Waals surface area contributed by atoms with E-state index < -0.39 is 5.91 Å². The van der Waals surface area contributed by atoms with Crippen molar-refractivity contribution in [1.82, 2.24) is 4.98 Å². The Kier molecular flexibility index (Phi) is 4.23. The molecule has 0 aliphatic heterocycles. The first kappa shape index (κ1) is 14.7. The van der Waals surface area contributed by atoms with E-state index in [1.54, 1.807) is 0 Å². The molecule has 1 amide bonds.